The molecule has 1 saturated heterocycles. The Morgan fingerprint density at radius 2 is 1.87 bits per heavy atom. The van der Waals surface area contributed by atoms with Crippen LogP contribution in [0.25, 0.3) is 11.1 Å². The van der Waals surface area contributed by atoms with Crippen LogP contribution < -0.4 is 4.90 Å². The molecule has 1 amide bonds. The van der Waals surface area contributed by atoms with Gasteiger partial charge in [-0.3, -0.25) is 0 Å². The van der Waals surface area contributed by atoms with Gasteiger partial charge in [-0.05, 0) is 55.0 Å². The molecule has 3 heterocycles. The minimum Gasteiger partial charge on any atom is -0.465 e. The molecule has 0 bridgehead atoms. The van der Waals surface area contributed by atoms with Gasteiger partial charge in [0.2, 0.25) is 0 Å². The second-order valence-corrected chi connectivity index (χ2v) is 8.53. The van der Waals surface area contributed by atoms with E-state index in [-0.39, 0.29) is 5.82 Å². The van der Waals surface area contributed by atoms with Crippen molar-refractivity contribution in [3.05, 3.63) is 65.0 Å². The lowest BCUT2D eigenvalue weighted by atomic mass is 9.93. The van der Waals surface area contributed by atoms with Crippen LogP contribution in [0.15, 0.2) is 53.5 Å². The van der Waals surface area contributed by atoms with E-state index < -0.39 is 6.09 Å². The summed E-state index contributed by atoms with van der Waals surface area (Å²) in [6, 6.07) is 10.5. The molecule has 2 aromatic heterocycles. The Bertz CT molecular complexity index is 972. The first kappa shape index (κ1) is 21.2. The molecule has 0 aliphatic carbocycles. The largest absolute Gasteiger partial charge is 0.465 e. The van der Waals surface area contributed by atoms with E-state index in [2.05, 4.69) is 14.9 Å². The van der Waals surface area contributed by atoms with Gasteiger partial charge in [0.25, 0.3) is 0 Å². The predicted octanol–water partition coefficient (Wildman–Crippen LogP) is 5.13. The van der Waals surface area contributed by atoms with Crippen LogP contribution in [0.2, 0.25) is 0 Å². The van der Waals surface area contributed by atoms with Gasteiger partial charge in [0, 0.05) is 36.8 Å². The third-order valence-electron chi connectivity index (χ3n) is 5.78. The highest BCUT2D eigenvalue weighted by Crippen LogP contribution is 2.26. The molecule has 3 aromatic rings. The van der Waals surface area contributed by atoms with E-state index in [1.165, 1.54) is 28.4 Å². The molecule has 0 atom stereocenters. The summed E-state index contributed by atoms with van der Waals surface area (Å²) in [7, 11) is 0. The van der Waals surface area contributed by atoms with E-state index in [4.69, 9.17) is 0 Å². The van der Waals surface area contributed by atoms with Crippen LogP contribution >= 0.6 is 11.3 Å². The fourth-order valence-electron chi connectivity index (χ4n) is 3.93. The number of nitrogens with zero attached hydrogens (tertiary/aromatic N) is 4. The van der Waals surface area contributed by atoms with E-state index in [1.807, 2.05) is 23.7 Å². The molecule has 162 valence electrons. The molecular weight excluding hydrogens is 415 g/mol. The maximum Gasteiger partial charge on any atom is 0.407 e. The lowest BCUT2D eigenvalue weighted by Crippen LogP contribution is -2.36. The van der Waals surface area contributed by atoms with Crippen LogP contribution in [-0.2, 0) is 6.54 Å². The van der Waals surface area contributed by atoms with Gasteiger partial charge in [-0.15, -0.1) is 11.3 Å². The van der Waals surface area contributed by atoms with Gasteiger partial charge in [0.15, 0.2) is 0 Å². The molecule has 1 aliphatic heterocycles. The smallest absolute Gasteiger partial charge is 0.407 e. The molecule has 6 nitrogen and oxygen atoms in total. The van der Waals surface area contributed by atoms with Crippen molar-refractivity contribution in [2.24, 2.45) is 5.92 Å². The summed E-state index contributed by atoms with van der Waals surface area (Å²) in [4.78, 5) is 24.1. The van der Waals surface area contributed by atoms with Gasteiger partial charge in [-0.25, -0.2) is 19.2 Å². The average molecular weight is 441 g/mol. The number of carboxylic acid groups (broad SMARTS) is 1. The Kier molecular flexibility index (Phi) is 6.76. The number of thiazole rings is 1. The molecule has 4 rings (SSSR count). The number of amides is 1. The van der Waals surface area contributed by atoms with E-state index in [1.54, 1.807) is 17.6 Å². The minimum atomic E-state index is -0.893. The summed E-state index contributed by atoms with van der Waals surface area (Å²) in [6.45, 7) is 2.70. The summed E-state index contributed by atoms with van der Waals surface area (Å²) in [6.07, 6.45) is 3.84. The van der Waals surface area contributed by atoms with Crippen LogP contribution in [0.4, 0.5) is 15.0 Å². The Morgan fingerprint density at radius 1 is 1.13 bits per heavy atom. The number of hydrogen-bond donors (Lipinski definition) is 1. The topological polar surface area (TPSA) is 69.6 Å². The Labute approximate surface area is 185 Å². The predicted molar refractivity (Wildman–Crippen MR) is 120 cm³/mol. The van der Waals surface area contributed by atoms with Crippen molar-refractivity contribution in [3.63, 3.8) is 0 Å². The molecule has 0 saturated carbocycles. The average Bonchev–Trinajstić information content (AvgIpc) is 3.31. The normalized spacial score (nSPS) is 14.5. The summed E-state index contributed by atoms with van der Waals surface area (Å²) in [5.41, 5.74) is 4.44. The highest BCUT2D eigenvalue weighted by atomic mass is 32.1. The number of halogens is 1. The number of aromatic nitrogens is 2. The van der Waals surface area contributed by atoms with Gasteiger partial charge in [-0.1, -0.05) is 12.1 Å². The minimum absolute atomic E-state index is 0.245. The zero-order valence-corrected chi connectivity index (χ0v) is 18.0. The molecule has 1 fully saturated rings. The maximum absolute atomic E-state index is 13.1. The van der Waals surface area contributed by atoms with E-state index in [9.17, 15) is 14.3 Å². The molecule has 0 radical (unpaired) electrons. The zero-order valence-electron chi connectivity index (χ0n) is 17.2. The van der Waals surface area contributed by atoms with Gasteiger partial charge in [0.1, 0.15) is 11.6 Å². The molecule has 1 N–H and O–H groups in total. The lowest BCUT2D eigenvalue weighted by Gasteiger charge is -2.33. The Balaban J connectivity index is 1.27. The van der Waals surface area contributed by atoms with Crippen molar-refractivity contribution in [3.8, 4) is 11.1 Å². The van der Waals surface area contributed by atoms with Crippen LogP contribution in [0.3, 0.4) is 0 Å². The van der Waals surface area contributed by atoms with Crippen molar-refractivity contribution in [2.45, 2.75) is 25.8 Å². The van der Waals surface area contributed by atoms with E-state index >= 15 is 0 Å². The quantitative estimate of drug-likeness (QED) is 0.551. The summed E-state index contributed by atoms with van der Waals surface area (Å²) < 4.78 is 13.1. The van der Waals surface area contributed by atoms with Crippen molar-refractivity contribution in [1.82, 2.24) is 14.9 Å². The molecule has 1 aliphatic rings. The molecule has 0 unspecified atom stereocenters. The van der Waals surface area contributed by atoms with Crippen LogP contribution in [0, 0.1) is 11.7 Å². The third kappa shape index (κ3) is 5.58. The number of benzene rings is 1. The van der Waals surface area contributed by atoms with Crippen molar-refractivity contribution >= 4 is 23.2 Å². The number of rotatable bonds is 7. The number of piperidine rings is 1. The van der Waals surface area contributed by atoms with Gasteiger partial charge in [-0.2, -0.15) is 0 Å². The first-order chi connectivity index (χ1) is 15.1. The second kappa shape index (κ2) is 9.87. The standard InChI is InChI=1S/C23H25FN4O2S/c24-20-4-1-18(2-5-20)19-3-6-22(25-13-19)27-10-7-17(8-11-27)9-12-28(23(29)30)14-21-15-31-16-26-21/h1-6,13,15-17H,7-12,14H2,(H,29,30). The van der Waals surface area contributed by atoms with Crippen LogP contribution in [0.5, 0.6) is 0 Å². The second-order valence-electron chi connectivity index (χ2n) is 7.81. The highest BCUT2D eigenvalue weighted by Gasteiger charge is 2.22. The van der Waals surface area contributed by atoms with E-state index in [0.29, 0.717) is 19.0 Å². The zero-order chi connectivity index (χ0) is 21.6. The lowest BCUT2D eigenvalue weighted by molar-refractivity contribution is 0.137. The summed E-state index contributed by atoms with van der Waals surface area (Å²) in [5.74, 6) is 1.21. The van der Waals surface area contributed by atoms with Gasteiger partial charge < -0.3 is 14.9 Å². The maximum atomic E-state index is 13.1. The molecule has 1 aromatic carbocycles. The Hall–Kier alpha value is -3.00. The van der Waals surface area contributed by atoms with Crippen LogP contribution in [0.1, 0.15) is 25.0 Å². The first-order valence-electron chi connectivity index (χ1n) is 10.4. The number of anilines is 1. The first-order valence-corrected chi connectivity index (χ1v) is 11.3. The van der Waals surface area contributed by atoms with Gasteiger partial charge in [0.05, 0.1) is 17.7 Å². The van der Waals surface area contributed by atoms with Crippen molar-refractivity contribution in [2.75, 3.05) is 24.5 Å². The number of carbonyl (C=O) groups is 1. The molecule has 0 spiro atoms. The fraction of sp³-hybridized carbons (Fsp3) is 0.348. The fourth-order valence-corrected chi connectivity index (χ4v) is 4.48. The highest BCUT2D eigenvalue weighted by molar-refractivity contribution is 7.07. The summed E-state index contributed by atoms with van der Waals surface area (Å²) in [5, 5.41) is 11.4. The van der Waals surface area contributed by atoms with Crippen LogP contribution in [-0.4, -0.2) is 45.7 Å². The number of pyridine rings is 1. The number of hydrogen-bond acceptors (Lipinski definition) is 5. The molecular formula is C23H25FN4O2S. The van der Waals surface area contributed by atoms with Gasteiger partial charge >= 0.3 is 6.09 Å². The molecule has 31 heavy (non-hydrogen) atoms. The molecule has 8 heteroatoms. The Morgan fingerprint density at radius 3 is 2.48 bits per heavy atom. The third-order valence-corrected chi connectivity index (χ3v) is 6.41. The van der Waals surface area contributed by atoms with Crippen molar-refractivity contribution < 1.29 is 14.3 Å². The summed E-state index contributed by atoms with van der Waals surface area (Å²) >= 11 is 1.48. The monoisotopic (exact) mass is 440 g/mol. The van der Waals surface area contributed by atoms with E-state index in [0.717, 1.165) is 55.0 Å². The SMILES string of the molecule is O=C(O)N(CCC1CCN(c2ccc(-c3ccc(F)cc3)cn2)CC1)Cc1cscn1. The van der Waals surface area contributed by atoms with Crippen molar-refractivity contribution in [1.29, 1.82) is 0 Å².